The Hall–Kier alpha value is -0.460. The van der Waals surface area contributed by atoms with Crippen LogP contribution in [0.3, 0.4) is 0 Å². The second-order valence-corrected chi connectivity index (χ2v) is 4.65. The lowest BCUT2D eigenvalue weighted by Crippen LogP contribution is -1.88. The van der Waals surface area contributed by atoms with Crippen molar-refractivity contribution in [3.8, 4) is 10.7 Å². The molecule has 3 nitrogen and oxygen atoms in total. The van der Waals surface area contributed by atoms with Crippen molar-refractivity contribution in [2.45, 2.75) is 0 Å². The highest BCUT2D eigenvalue weighted by Gasteiger charge is 2.07. The second kappa shape index (κ2) is 3.36. The molecule has 0 unspecified atom stereocenters. The molecule has 0 aromatic carbocycles. The molecule has 2 rings (SSSR count). The van der Waals surface area contributed by atoms with Gasteiger partial charge in [0.25, 0.3) is 0 Å². The van der Waals surface area contributed by atoms with Crippen molar-refractivity contribution in [1.29, 1.82) is 0 Å². The molecular weight excluding hydrogens is 270 g/mol. The predicted octanol–water partition coefficient (Wildman–Crippen LogP) is 2.97. The van der Waals surface area contributed by atoms with Crippen molar-refractivity contribution in [2.24, 2.45) is 7.05 Å². The van der Waals surface area contributed by atoms with Crippen LogP contribution in [-0.2, 0) is 7.05 Å². The third-order valence-corrected chi connectivity index (χ3v) is 3.81. The number of H-pyrrole nitrogens is 1. The zero-order valence-corrected chi connectivity index (χ0v) is 9.96. The summed E-state index contributed by atoms with van der Waals surface area (Å²) in [7, 11) is 1.85. The summed E-state index contributed by atoms with van der Waals surface area (Å²) in [6.07, 6.45) is 0. The van der Waals surface area contributed by atoms with E-state index in [0.717, 1.165) is 15.2 Å². The maximum absolute atomic E-state index is 5.00. The fraction of sp³-hybridized carbons (Fsp3) is 0.143. The first kappa shape index (κ1) is 9.11. The molecule has 0 saturated heterocycles. The first-order valence-corrected chi connectivity index (χ1v) is 5.63. The van der Waals surface area contributed by atoms with Crippen molar-refractivity contribution < 1.29 is 0 Å². The van der Waals surface area contributed by atoms with Gasteiger partial charge in [-0.05, 0) is 39.6 Å². The lowest BCUT2D eigenvalue weighted by molar-refractivity contribution is 0.756. The molecular formula is C7H6BrN3S2. The van der Waals surface area contributed by atoms with Crippen LogP contribution in [0.1, 0.15) is 0 Å². The maximum atomic E-state index is 5.00. The highest BCUT2D eigenvalue weighted by Crippen LogP contribution is 2.30. The summed E-state index contributed by atoms with van der Waals surface area (Å²) in [5.41, 5.74) is 0. The monoisotopic (exact) mass is 275 g/mol. The summed E-state index contributed by atoms with van der Waals surface area (Å²) in [6, 6.07) is 1.99. The molecule has 1 N–H and O–H groups in total. The van der Waals surface area contributed by atoms with Crippen LogP contribution in [-0.4, -0.2) is 14.8 Å². The normalized spacial score (nSPS) is 10.6. The van der Waals surface area contributed by atoms with E-state index in [2.05, 4.69) is 26.0 Å². The summed E-state index contributed by atoms with van der Waals surface area (Å²) < 4.78 is 3.33. The molecule has 0 saturated carbocycles. The van der Waals surface area contributed by atoms with Gasteiger partial charge in [-0.3, -0.25) is 9.78 Å². The lowest BCUT2D eigenvalue weighted by atomic mass is 10.4. The van der Waals surface area contributed by atoms with Crippen LogP contribution in [0.4, 0.5) is 0 Å². The Kier molecular flexibility index (Phi) is 2.35. The van der Waals surface area contributed by atoms with E-state index < -0.39 is 0 Å². The van der Waals surface area contributed by atoms with E-state index in [1.54, 1.807) is 16.0 Å². The largest absolute Gasteiger partial charge is 0.279 e. The van der Waals surface area contributed by atoms with Crippen LogP contribution in [0, 0.1) is 4.77 Å². The molecule has 0 atom stereocenters. The van der Waals surface area contributed by atoms with Crippen LogP contribution in [0.25, 0.3) is 10.7 Å². The highest BCUT2D eigenvalue weighted by molar-refractivity contribution is 9.10. The Morgan fingerprint density at radius 1 is 1.69 bits per heavy atom. The summed E-state index contributed by atoms with van der Waals surface area (Å²) >= 11 is 10.1. The van der Waals surface area contributed by atoms with Gasteiger partial charge in [-0.25, -0.2) is 0 Å². The summed E-state index contributed by atoms with van der Waals surface area (Å²) in [4.78, 5) is 5.29. The van der Waals surface area contributed by atoms with Gasteiger partial charge in [-0.2, -0.15) is 4.98 Å². The molecule has 0 fully saturated rings. The van der Waals surface area contributed by atoms with Crippen molar-refractivity contribution in [1.82, 2.24) is 14.8 Å². The minimum absolute atomic E-state index is 0.565. The average molecular weight is 276 g/mol. The van der Waals surface area contributed by atoms with Crippen LogP contribution in [0.5, 0.6) is 0 Å². The van der Waals surface area contributed by atoms with Crippen molar-refractivity contribution in [3.63, 3.8) is 0 Å². The zero-order chi connectivity index (χ0) is 9.42. The Morgan fingerprint density at radius 2 is 2.46 bits per heavy atom. The van der Waals surface area contributed by atoms with Gasteiger partial charge in [0.2, 0.25) is 4.77 Å². The average Bonchev–Trinajstić information content (AvgIpc) is 2.60. The van der Waals surface area contributed by atoms with Gasteiger partial charge in [-0.1, -0.05) is 0 Å². The molecule has 0 bridgehead atoms. The van der Waals surface area contributed by atoms with Crippen LogP contribution in [0.2, 0.25) is 0 Å². The number of nitrogens with zero attached hydrogens (tertiary/aromatic N) is 2. The quantitative estimate of drug-likeness (QED) is 0.812. The van der Waals surface area contributed by atoms with E-state index >= 15 is 0 Å². The molecule has 2 heterocycles. The molecule has 2 aromatic rings. The molecule has 13 heavy (non-hydrogen) atoms. The fourth-order valence-corrected chi connectivity index (χ4v) is 2.60. The number of halogens is 1. The van der Waals surface area contributed by atoms with Gasteiger partial charge in [0.15, 0.2) is 5.82 Å². The van der Waals surface area contributed by atoms with Gasteiger partial charge >= 0.3 is 0 Å². The molecule has 2 aromatic heterocycles. The van der Waals surface area contributed by atoms with Gasteiger partial charge in [0.1, 0.15) is 0 Å². The van der Waals surface area contributed by atoms with Crippen molar-refractivity contribution >= 4 is 39.5 Å². The first-order valence-electron chi connectivity index (χ1n) is 3.55. The van der Waals surface area contributed by atoms with E-state index in [0.29, 0.717) is 4.77 Å². The number of rotatable bonds is 1. The third-order valence-electron chi connectivity index (χ3n) is 1.60. The topological polar surface area (TPSA) is 33.6 Å². The Morgan fingerprint density at radius 3 is 2.92 bits per heavy atom. The van der Waals surface area contributed by atoms with E-state index in [9.17, 15) is 0 Å². The van der Waals surface area contributed by atoms with E-state index in [1.807, 2.05) is 18.5 Å². The summed E-state index contributed by atoms with van der Waals surface area (Å²) in [5.74, 6) is 0.814. The Bertz CT molecular complexity index is 482. The van der Waals surface area contributed by atoms with E-state index in [1.165, 1.54) is 0 Å². The predicted molar refractivity (Wildman–Crippen MR) is 59.4 cm³/mol. The molecule has 6 heteroatoms. The van der Waals surface area contributed by atoms with Gasteiger partial charge in [-0.15, -0.1) is 11.3 Å². The van der Waals surface area contributed by atoms with E-state index in [-0.39, 0.29) is 0 Å². The van der Waals surface area contributed by atoms with Gasteiger partial charge in [0.05, 0.1) is 4.88 Å². The fourth-order valence-electron chi connectivity index (χ4n) is 0.967. The minimum Gasteiger partial charge on any atom is -0.279 e. The molecule has 0 aliphatic rings. The highest BCUT2D eigenvalue weighted by atomic mass is 79.9. The Balaban J connectivity index is 2.59. The second-order valence-electron chi connectivity index (χ2n) is 2.51. The SMILES string of the molecule is Cn1[nH]c(-c2sccc2Br)nc1=S. The molecule has 68 valence electrons. The number of aromatic nitrogens is 3. The molecule has 0 aliphatic heterocycles. The first-order chi connectivity index (χ1) is 6.18. The van der Waals surface area contributed by atoms with Crippen LogP contribution in [0.15, 0.2) is 15.9 Å². The van der Waals surface area contributed by atoms with Gasteiger partial charge < -0.3 is 0 Å². The smallest absolute Gasteiger partial charge is 0.216 e. The van der Waals surface area contributed by atoms with Crippen molar-refractivity contribution in [3.05, 3.63) is 20.7 Å². The molecule has 0 amide bonds. The maximum Gasteiger partial charge on any atom is 0.216 e. The van der Waals surface area contributed by atoms with E-state index in [4.69, 9.17) is 12.2 Å². The number of hydrogen-bond donors (Lipinski definition) is 1. The molecule has 0 spiro atoms. The minimum atomic E-state index is 0.565. The number of aryl methyl sites for hydroxylation is 1. The standard InChI is InChI=1S/C7H6BrN3S2/c1-11-7(12)9-6(10-11)5-4(8)2-3-13-5/h2-3H,1H3,(H,9,10,12). The lowest BCUT2D eigenvalue weighted by Gasteiger charge is -1.91. The molecule has 0 radical (unpaired) electrons. The molecule has 0 aliphatic carbocycles. The summed E-state index contributed by atoms with van der Waals surface area (Å²) in [6.45, 7) is 0. The van der Waals surface area contributed by atoms with Crippen molar-refractivity contribution in [2.75, 3.05) is 0 Å². The number of aromatic amines is 1. The van der Waals surface area contributed by atoms with Crippen LogP contribution < -0.4 is 0 Å². The summed E-state index contributed by atoms with van der Waals surface area (Å²) in [5, 5.41) is 5.07. The van der Waals surface area contributed by atoms with Gasteiger partial charge in [0, 0.05) is 11.5 Å². The zero-order valence-electron chi connectivity index (χ0n) is 6.74. The number of thiophene rings is 1. The third kappa shape index (κ3) is 1.61. The number of nitrogens with one attached hydrogen (secondary N) is 1. The Labute approximate surface area is 92.5 Å². The number of hydrogen-bond acceptors (Lipinski definition) is 3. The van der Waals surface area contributed by atoms with Crippen LogP contribution >= 0.6 is 39.5 Å².